The molecule has 1 N–H and O–H groups in total. The van der Waals surface area contributed by atoms with E-state index in [1.165, 1.54) is 0 Å². The first kappa shape index (κ1) is 24.1. The molecule has 3 aromatic carbocycles. The van der Waals surface area contributed by atoms with Gasteiger partial charge in [-0.05, 0) is 41.8 Å². The Bertz CT molecular complexity index is 1230. The van der Waals surface area contributed by atoms with Crippen LogP contribution >= 0.6 is 0 Å². The Morgan fingerprint density at radius 3 is 2.56 bits per heavy atom. The van der Waals surface area contributed by atoms with E-state index in [1.807, 2.05) is 71.6 Å². The van der Waals surface area contributed by atoms with Crippen LogP contribution in [0, 0.1) is 0 Å². The summed E-state index contributed by atoms with van der Waals surface area (Å²) in [4.78, 5) is 21.3. The number of hydrogen-bond donors (Lipinski definition) is 1. The summed E-state index contributed by atoms with van der Waals surface area (Å²) in [5.41, 5.74) is 2.88. The van der Waals surface area contributed by atoms with Gasteiger partial charge in [-0.1, -0.05) is 61.5 Å². The van der Waals surface area contributed by atoms with E-state index in [4.69, 9.17) is 19.6 Å². The molecule has 0 radical (unpaired) electrons. The van der Waals surface area contributed by atoms with Gasteiger partial charge in [0, 0.05) is 43.7 Å². The highest BCUT2D eigenvalue weighted by Crippen LogP contribution is 2.46. The summed E-state index contributed by atoms with van der Waals surface area (Å²) in [5.74, 6) is 1.20. The van der Waals surface area contributed by atoms with E-state index in [0.717, 1.165) is 34.4 Å². The lowest BCUT2D eigenvalue weighted by Gasteiger charge is -2.32. The third kappa shape index (κ3) is 4.61. The quantitative estimate of drug-likeness (QED) is 0.447. The molecule has 2 aliphatic heterocycles. The predicted octanol–water partition coefficient (Wildman–Crippen LogP) is 4.70. The average molecular weight is 485 g/mol. The summed E-state index contributed by atoms with van der Waals surface area (Å²) in [7, 11) is 0. The van der Waals surface area contributed by atoms with Crippen molar-refractivity contribution in [3.8, 4) is 5.75 Å². The molecule has 0 unspecified atom stereocenters. The van der Waals surface area contributed by atoms with Crippen molar-refractivity contribution in [2.45, 2.75) is 44.4 Å². The third-order valence-electron chi connectivity index (χ3n) is 6.80. The molecule has 0 aliphatic carbocycles. The summed E-state index contributed by atoms with van der Waals surface area (Å²) >= 11 is 0. The van der Waals surface area contributed by atoms with E-state index in [9.17, 15) is 4.79 Å². The number of carbonyl (C=O) groups excluding carboxylic acids is 1. The lowest BCUT2D eigenvalue weighted by atomic mass is 9.81. The summed E-state index contributed by atoms with van der Waals surface area (Å²) in [5, 5.41) is 8.98. The SMILES string of the molecule is CCCN1Cc2ccccc2[C@H]2OC(c3ccc(OCCCO)cc3)=N[C@@]2(Cc2ccccc2)C1=O. The summed E-state index contributed by atoms with van der Waals surface area (Å²) in [6.07, 6.45) is 1.39. The third-order valence-corrected chi connectivity index (χ3v) is 6.80. The maximum atomic E-state index is 14.3. The molecule has 2 atom stereocenters. The number of carbonyl (C=O) groups is 1. The van der Waals surface area contributed by atoms with Gasteiger partial charge in [0.2, 0.25) is 5.90 Å². The van der Waals surface area contributed by atoms with E-state index in [2.05, 4.69) is 19.1 Å². The first-order valence-electron chi connectivity index (χ1n) is 12.7. The minimum absolute atomic E-state index is 0.00774. The van der Waals surface area contributed by atoms with Gasteiger partial charge in [0.1, 0.15) is 5.75 Å². The molecule has 5 rings (SSSR count). The lowest BCUT2D eigenvalue weighted by molar-refractivity contribution is -0.139. The molecule has 0 saturated heterocycles. The van der Waals surface area contributed by atoms with Gasteiger partial charge in [-0.15, -0.1) is 0 Å². The smallest absolute Gasteiger partial charge is 0.255 e. The Labute approximate surface area is 212 Å². The first-order chi connectivity index (χ1) is 17.6. The van der Waals surface area contributed by atoms with Crippen LogP contribution in [0.4, 0.5) is 0 Å². The molecular weight excluding hydrogens is 452 g/mol. The minimum atomic E-state index is -1.09. The van der Waals surface area contributed by atoms with Gasteiger partial charge in [-0.2, -0.15) is 0 Å². The highest BCUT2D eigenvalue weighted by atomic mass is 16.5. The number of ether oxygens (including phenoxy) is 2. The standard InChI is InChI=1S/C30H32N2O4/c1-2-17-32-21-24-11-6-7-12-26(24)27-30(29(32)34,20-22-9-4-3-5-10-22)31-28(36-27)23-13-15-25(16-14-23)35-19-8-18-33/h3-7,9-16,27,33H,2,8,17-21H2,1H3/t27-,30-/m1/s1. The molecule has 0 saturated carbocycles. The molecule has 0 spiro atoms. The zero-order valence-corrected chi connectivity index (χ0v) is 20.6. The van der Waals surface area contributed by atoms with E-state index in [-0.39, 0.29) is 12.5 Å². The van der Waals surface area contributed by atoms with Crippen LogP contribution in [0.25, 0.3) is 0 Å². The van der Waals surface area contributed by atoms with Crippen LogP contribution in [-0.4, -0.2) is 47.1 Å². The second kappa shape index (κ2) is 10.5. The van der Waals surface area contributed by atoms with E-state index < -0.39 is 11.6 Å². The number of hydrogen-bond acceptors (Lipinski definition) is 5. The number of amides is 1. The maximum Gasteiger partial charge on any atom is 0.255 e. The molecule has 0 aromatic heterocycles. The van der Waals surface area contributed by atoms with E-state index in [0.29, 0.717) is 38.4 Å². The van der Waals surface area contributed by atoms with E-state index >= 15 is 0 Å². The van der Waals surface area contributed by atoms with Crippen molar-refractivity contribution in [2.75, 3.05) is 19.8 Å². The number of fused-ring (bicyclic) bond motifs is 3. The first-order valence-corrected chi connectivity index (χ1v) is 12.7. The largest absolute Gasteiger partial charge is 0.494 e. The normalized spacial score (nSPS) is 20.7. The number of aliphatic hydroxyl groups excluding tert-OH is 1. The van der Waals surface area contributed by atoms with Crippen molar-refractivity contribution in [1.82, 2.24) is 4.90 Å². The van der Waals surface area contributed by atoms with Crippen molar-refractivity contribution in [2.24, 2.45) is 4.99 Å². The zero-order valence-electron chi connectivity index (χ0n) is 20.6. The van der Waals surface area contributed by atoms with Gasteiger partial charge in [0.25, 0.3) is 5.91 Å². The van der Waals surface area contributed by atoms with Crippen LogP contribution in [0.3, 0.4) is 0 Å². The molecule has 186 valence electrons. The highest BCUT2D eigenvalue weighted by molar-refractivity contribution is 6.01. The number of rotatable bonds is 9. The Balaban J connectivity index is 1.58. The fourth-order valence-electron chi connectivity index (χ4n) is 5.09. The van der Waals surface area contributed by atoms with Crippen LogP contribution in [0.5, 0.6) is 5.75 Å². The molecule has 2 aliphatic rings. The predicted molar refractivity (Wildman–Crippen MR) is 139 cm³/mol. The fourth-order valence-corrected chi connectivity index (χ4v) is 5.09. The molecule has 0 fully saturated rings. The van der Waals surface area contributed by atoms with Crippen molar-refractivity contribution in [3.63, 3.8) is 0 Å². The highest BCUT2D eigenvalue weighted by Gasteiger charge is 2.56. The monoisotopic (exact) mass is 484 g/mol. The van der Waals surface area contributed by atoms with Crippen LogP contribution in [-0.2, 0) is 22.5 Å². The zero-order chi connectivity index (χ0) is 25.0. The molecule has 1 amide bonds. The number of benzene rings is 3. The minimum Gasteiger partial charge on any atom is -0.494 e. The second-order valence-corrected chi connectivity index (χ2v) is 9.38. The summed E-state index contributed by atoms with van der Waals surface area (Å²) in [6, 6.07) is 25.8. The Kier molecular flexibility index (Phi) is 7.05. The van der Waals surface area contributed by atoms with E-state index in [1.54, 1.807) is 0 Å². The molecule has 6 heteroatoms. The van der Waals surface area contributed by atoms with Gasteiger partial charge in [0.15, 0.2) is 11.6 Å². The van der Waals surface area contributed by atoms with Crippen molar-refractivity contribution in [1.29, 1.82) is 0 Å². The van der Waals surface area contributed by atoms with Gasteiger partial charge in [-0.3, -0.25) is 4.79 Å². The van der Waals surface area contributed by atoms with Gasteiger partial charge in [-0.25, -0.2) is 4.99 Å². The Morgan fingerprint density at radius 2 is 1.81 bits per heavy atom. The summed E-state index contributed by atoms with van der Waals surface area (Å²) in [6.45, 7) is 3.87. The van der Waals surface area contributed by atoms with Crippen molar-refractivity contribution in [3.05, 3.63) is 101 Å². The number of aliphatic hydroxyl groups is 1. The number of nitrogens with zero attached hydrogens (tertiary/aromatic N) is 2. The van der Waals surface area contributed by atoms with Gasteiger partial charge >= 0.3 is 0 Å². The van der Waals surface area contributed by atoms with Crippen molar-refractivity contribution >= 4 is 11.8 Å². The van der Waals surface area contributed by atoms with Gasteiger partial charge in [0.05, 0.1) is 6.61 Å². The fraction of sp³-hybridized carbons (Fsp3) is 0.333. The average Bonchev–Trinajstić information content (AvgIpc) is 3.26. The molecule has 3 aromatic rings. The Morgan fingerprint density at radius 1 is 1.06 bits per heavy atom. The van der Waals surface area contributed by atoms with Crippen LogP contribution in [0.15, 0.2) is 83.9 Å². The van der Waals surface area contributed by atoms with Crippen LogP contribution in [0.2, 0.25) is 0 Å². The topological polar surface area (TPSA) is 71.4 Å². The lowest BCUT2D eigenvalue weighted by Crippen LogP contribution is -2.50. The number of aliphatic imine (C=N–C) groups is 1. The molecule has 0 bridgehead atoms. The summed E-state index contributed by atoms with van der Waals surface area (Å²) < 4.78 is 12.3. The van der Waals surface area contributed by atoms with Crippen LogP contribution < -0.4 is 4.74 Å². The van der Waals surface area contributed by atoms with Crippen molar-refractivity contribution < 1.29 is 19.4 Å². The molecule has 6 nitrogen and oxygen atoms in total. The maximum absolute atomic E-state index is 14.3. The molecule has 2 heterocycles. The second-order valence-electron chi connectivity index (χ2n) is 9.38. The Hall–Kier alpha value is -3.64. The molecular formula is C30H32N2O4. The molecule has 36 heavy (non-hydrogen) atoms. The van der Waals surface area contributed by atoms with Crippen LogP contribution in [0.1, 0.15) is 48.1 Å². The van der Waals surface area contributed by atoms with Gasteiger partial charge < -0.3 is 19.5 Å².